The number of aromatic amines is 1. The van der Waals surface area contributed by atoms with E-state index in [9.17, 15) is 0 Å². The molecule has 0 fully saturated rings. The molecule has 0 spiro atoms. The van der Waals surface area contributed by atoms with Gasteiger partial charge in [0.15, 0.2) is 0 Å². The van der Waals surface area contributed by atoms with Crippen LogP contribution in [0.15, 0.2) is 6.07 Å². The summed E-state index contributed by atoms with van der Waals surface area (Å²) in [6.45, 7) is 1.89. The van der Waals surface area contributed by atoms with Crippen LogP contribution in [-0.2, 0) is 0 Å². The maximum absolute atomic E-state index is 4.95. The Bertz CT molecular complexity index is 303. The minimum absolute atomic E-state index is 0.630. The molecular formula is C7H11N3S. The van der Waals surface area contributed by atoms with E-state index >= 15 is 0 Å². The molecule has 0 radical (unpaired) electrons. The number of aryl methyl sites for hydroxylation is 1. The molecule has 0 saturated heterocycles. The van der Waals surface area contributed by atoms with Crippen molar-refractivity contribution in [3.8, 4) is 0 Å². The number of rotatable bonds is 1. The minimum Gasteiger partial charge on any atom is -0.364 e. The predicted molar refractivity (Wildman–Crippen MR) is 48.5 cm³/mol. The Morgan fingerprint density at radius 1 is 1.55 bits per heavy atom. The Hall–Kier alpha value is -0.900. The van der Waals surface area contributed by atoms with Gasteiger partial charge in [0, 0.05) is 20.2 Å². The van der Waals surface area contributed by atoms with E-state index < -0.39 is 0 Å². The van der Waals surface area contributed by atoms with Crippen molar-refractivity contribution in [2.45, 2.75) is 6.92 Å². The van der Waals surface area contributed by atoms with Crippen molar-refractivity contribution >= 4 is 18.0 Å². The monoisotopic (exact) mass is 169 g/mol. The van der Waals surface area contributed by atoms with Crippen LogP contribution < -0.4 is 4.90 Å². The molecule has 0 aliphatic heterocycles. The van der Waals surface area contributed by atoms with E-state index in [1.54, 1.807) is 0 Å². The fourth-order valence-electron chi connectivity index (χ4n) is 0.805. The molecule has 0 aliphatic carbocycles. The number of aromatic nitrogens is 2. The second-order valence-corrected chi connectivity index (χ2v) is 3.00. The molecular weight excluding hydrogens is 158 g/mol. The molecule has 1 heterocycles. The summed E-state index contributed by atoms with van der Waals surface area (Å²) in [5, 5.41) is 0. The first-order valence-corrected chi connectivity index (χ1v) is 3.75. The largest absolute Gasteiger partial charge is 0.364 e. The van der Waals surface area contributed by atoms with Crippen molar-refractivity contribution < 1.29 is 0 Å². The van der Waals surface area contributed by atoms with Crippen LogP contribution in [0.3, 0.4) is 0 Å². The van der Waals surface area contributed by atoms with E-state index in [2.05, 4.69) is 9.97 Å². The van der Waals surface area contributed by atoms with E-state index in [4.69, 9.17) is 12.2 Å². The highest BCUT2D eigenvalue weighted by Gasteiger charge is 1.95. The van der Waals surface area contributed by atoms with Gasteiger partial charge in [-0.25, -0.2) is 4.98 Å². The lowest BCUT2D eigenvalue weighted by molar-refractivity contribution is 0.981. The van der Waals surface area contributed by atoms with Gasteiger partial charge in [-0.2, -0.15) is 0 Å². The molecule has 0 aliphatic rings. The van der Waals surface area contributed by atoms with E-state index in [1.807, 2.05) is 32.0 Å². The maximum atomic E-state index is 4.95. The van der Waals surface area contributed by atoms with Crippen LogP contribution in [0.5, 0.6) is 0 Å². The summed E-state index contributed by atoms with van der Waals surface area (Å²) in [5.74, 6) is 1.84. The summed E-state index contributed by atoms with van der Waals surface area (Å²) >= 11 is 4.95. The van der Waals surface area contributed by atoms with Crippen molar-refractivity contribution in [2.24, 2.45) is 0 Å². The summed E-state index contributed by atoms with van der Waals surface area (Å²) in [7, 11) is 3.92. The van der Waals surface area contributed by atoms with E-state index in [0.29, 0.717) is 4.64 Å². The molecule has 1 rings (SSSR count). The maximum Gasteiger partial charge on any atom is 0.131 e. The van der Waals surface area contributed by atoms with Crippen molar-refractivity contribution in [3.05, 3.63) is 16.5 Å². The molecule has 0 saturated carbocycles. The van der Waals surface area contributed by atoms with E-state index in [1.165, 1.54) is 0 Å². The second kappa shape index (κ2) is 3.00. The van der Waals surface area contributed by atoms with Gasteiger partial charge in [0.05, 0.1) is 0 Å². The number of hydrogen-bond acceptors (Lipinski definition) is 3. The third-order valence-corrected chi connectivity index (χ3v) is 1.54. The lowest BCUT2D eigenvalue weighted by Gasteiger charge is -2.11. The summed E-state index contributed by atoms with van der Waals surface area (Å²) in [5.41, 5.74) is 0. The molecule has 4 heteroatoms. The summed E-state index contributed by atoms with van der Waals surface area (Å²) in [6.07, 6.45) is 0. The molecule has 0 aromatic carbocycles. The smallest absolute Gasteiger partial charge is 0.131 e. The molecule has 3 nitrogen and oxygen atoms in total. The van der Waals surface area contributed by atoms with Crippen LogP contribution in [0.4, 0.5) is 5.82 Å². The van der Waals surface area contributed by atoms with Gasteiger partial charge in [0.1, 0.15) is 16.3 Å². The molecule has 1 aromatic rings. The highest BCUT2D eigenvalue weighted by Crippen LogP contribution is 2.05. The van der Waals surface area contributed by atoms with Crippen LogP contribution in [0.25, 0.3) is 0 Å². The lowest BCUT2D eigenvalue weighted by atomic mass is 10.5. The van der Waals surface area contributed by atoms with Crippen LogP contribution >= 0.6 is 12.2 Å². The zero-order chi connectivity index (χ0) is 8.43. The number of hydrogen-bond donors (Lipinski definition) is 1. The highest BCUT2D eigenvalue weighted by molar-refractivity contribution is 7.71. The van der Waals surface area contributed by atoms with Crippen LogP contribution in [0.2, 0.25) is 0 Å². The molecule has 0 bridgehead atoms. The Labute approximate surface area is 71.1 Å². The van der Waals surface area contributed by atoms with Gasteiger partial charge in [-0.3, -0.25) is 0 Å². The first-order valence-electron chi connectivity index (χ1n) is 3.35. The topological polar surface area (TPSA) is 31.9 Å². The van der Waals surface area contributed by atoms with Gasteiger partial charge in [-0.05, 0) is 6.92 Å². The molecule has 60 valence electrons. The Morgan fingerprint density at radius 2 is 2.18 bits per heavy atom. The average molecular weight is 169 g/mol. The molecule has 11 heavy (non-hydrogen) atoms. The third kappa shape index (κ3) is 2.01. The highest BCUT2D eigenvalue weighted by atomic mass is 32.1. The Kier molecular flexibility index (Phi) is 2.24. The van der Waals surface area contributed by atoms with Crippen molar-refractivity contribution in [2.75, 3.05) is 19.0 Å². The van der Waals surface area contributed by atoms with Crippen LogP contribution in [-0.4, -0.2) is 24.1 Å². The first-order chi connectivity index (χ1) is 5.09. The zero-order valence-electron chi connectivity index (χ0n) is 6.88. The van der Waals surface area contributed by atoms with Gasteiger partial charge >= 0.3 is 0 Å². The van der Waals surface area contributed by atoms with Gasteiger partial charge in [-0.1, -0.05) is 12.2 Å². The standard InChI is InChI=1S/C7H11N3S/c1-5-8-6(10(2)3)4-7(11)9-5/h4H,1-3H3,(H,8,9,11). The number of anilines is 1. The average Bonchev–Trinajstić information content (AvgIpc) is 1.85. The van der Waals surface area contributed by atoms with E-state index in [-0.39, 0.29) is 0 Å². The van der Waals surface area contributed by atoms with E-state index in [0.717, 1.165) is 11.6 Å². The summed E-state index contributed by atoms with van der Waals surface area (Å²) < 4.78 is 0.630. The van der Waals surface area contributed by atoms with Crippen molar-refractivity contribution in [1.29, 1.82) is 0 Å². The predicted octanol–water partition coefficient (Wildman–Crippen LogP) is 1.51. The van der Waals surface area contributed by atoms with Gasteiger partial charge in [0.2, 0.25) is 0 Å². The molecule has 1 N–H and O–H groups in total. The van der Waals surface area contributed by atoms with Gasteiger partial charge < -0.3 is 9.88 Å². The van der Waals surface area contributed by atoms with Crippen molar-refractivity contribution in [3.63, 3.8) is 0 Å². The fraction of sp³-hybridized carbons (Fsp3) is 0.429. The van der Waals surface area contributed by atoms with Crippen LogP contribution in [0.1, 0.15) is 5.82 Å². The third-order valence-electron chi connectivity index (χ3n) is 1.33. The lowest BCUT2D eigenvalue weighted by Crippen LogP contribution is -2.11. The molecule has 0 atom stereocenters. The molecule has 1 aromatic heterocycles. The Morgan fingerprint density at radius 3 is 2.64 bits per heavy atom. The summed E-state index contributed by atoms with van der Waals surface area (Å²) in [4.78, 5) is 9.11. The zero-order valence-corrected chi connectivity index (χ0v) is 7.70. The molecule has 0 amide bonds. The second-order valence-electron chi connectivity index (χ2n) is 2.58. The number of nitrogens with zero attached hydrogens (tertiary/aromatic N) is 2. The summed E-state index contributed by atoms with van der Waals surface area (Å²) in [6, 6.07) is 1.84. The molecule has 0 unspecified atom stereocenters. The minimum atomic E-state index is 0.630. The fourth-order valence-corrected chi connectivity index (χ4v) is 1.05. The van der Waals surface area contributed by atoms with Gasteiger partial charge in [-0.15, -0.1) is 0 Å². The Balaban J connectivity index is 3.19. The van der Waals surface area contributed by atoms with Crippen LogP contribution in [0, 0.1) is 11.6 Å². The van der Waals surface area contributed by atoms with Gasteiger partial charge in [0.25, 0.3) is 0 Å². The quantitative estimate of drug-likeness (QED) is 0.647. The first kappa shape index (κ1) is 8.20. The normalized spacial score (nSPS) is 9.73. The number of H-pyrrole nitrogens is 1. The SMILES string of the molecule is Cc1nc(=S)cc(N(C)C)[nH]1. The number of nitrogens with one attached hydrogen (secondary N) is 1. The van der Waals surface area contributed by atoms with Crippen molar-refractivity contribution in [1.82, 2.24) is 9.97 Å².